The van der Waals surface area contributed by atoms with Gasteiger partial charge >= 0.3 is 6.03 Å². The summed E-state index contributed by atoms with van der Waals surface area (Å²) >= 11 is 0. The molecule has 5 saturated heterocycles. The molecule has 6 aliphatic heterocycles. The van der Waals surface area contributed by atoms with Crippen molar-refractivity contribution in [2.45, 2.75) is 69.9 Å². The predicted molar refractivity (Wildman–Crippen MR) is 225 cm³/mol. The van der Waals surface area contributed by atoms with Gasteiger partial charge < -0.3 is 35.6 Å². The third-order valence-corrected chi connectivity index (χ3v) is 13.5. The second-order valence-corrected chi connectivity index (χ2v) is 17.8. The van der Waals surface area contributed by atoms with Crippen LogP contribution in [-0.4, -0.2) is 148 Å². The summed E-state index contributed by atoms with van der Waals surface area (Å²) in [7, 11) is 1.82. The summed E-state index contributed by atoms with van der Waals surface area (Å²) in [5.74, 6) is -1.68. The van der Waals surface area contributed by atoms with Crippen molar-refractivity contribution in [1.29, 1.82) is 0 Å². The molecule has 18 nitrogen and oxygen atoms in total. The van der Waals surface area contributed by atoms with Crippen LogP contribution in [0.15, 0.2) is 42.5 Å². The zero-order chi connectivity index (χ0) is 42.6. The summed E-state index contributed by atoms with van der Waals surface area (Å²) < 4.78 is 0. The molecule has 3 atom stereocenters. The number of imide groups is 2. The summed E-state index contributed by atoms with van der Waals surface area (Å²) in [6.45, 7) is 9.57. The average molecular weight is 833 g/mol. The molecule has 4 N–H and O–H groups in total. The molecule has 0 radical (unpaired) electrons. The summed E-state index contributed by atoms with van der Waals surface area (Å²) in [6.07, 6.45) is 5.04. The molecule has 3 unspecified atom stereocenters. The highest BCUT2D eigenvalue weighted by molar-refractivity contribution is 6.23. The number of rotatable bonds is 10. The second kappa shape index (κ2) is 16.0. The topological polar surface area (TPSA) is 211 Å². The number of carbonyl (C=O) groups excluding carboxylic acids is 6. The van der Waals surface area contributed by atoms with Crippen molar-refractivity contribution in [2.75, 3.05) is 81.1 Å². The first kappa shape index (κ1) is 40.2. The van der Waals surface area contributed by atoms with E-state index in [1.807, 2.05) is 35.0 Å². The van der Waals surface area contributed by atoms with E-state index in [2.05, 4.69) is 49.7 Å². The van der Waals surface area contributed by atoms with Crippen LogP contribution >= 0.6 is 0 Å². The quantitative estimate of drug-likeness (QED) is 0.251. The maximum Gasteiger partial charge on any atom is 0.320 e. The fourth-order valence-electron chi connectivity index (χ4n) is 10.1. The lowest BCUT2D eigenvalue weighted by Gasteiger charge is -2.37. The Morgan fingerprint density at radius 3 is 2.38 bits per heavy atom. The van der Waals surface area contributed by atoms with Crippen LogP contribution in [0.25, 0.3) is 0 Å². The minimum Gasteiger partial charge on any atom is -0.371 e. The number of likely N-dealkylation sites (tertiary alicyclic amines) is 1. The number of carbonyl (C=O) groups is 6. The smallest absolute Gasteiger partial charge is 0.320 e. The molecule has 320 valence electrons. The highest BCUT2D eigenvalue weighted by Crippen LogP contribution is 2.38. The van der Waals surface area contributed by atoms with E-state index < -0.39 is 35.6 Å². The summed E-state index contributed by atoms with van der Waals surface area (Å²) in [5.41, 5.74) is 9.16. The zero-order valence-corrected chi connectivity index (χ0v) is 34.6. The van der Waals surface area contributed by atoms with Crippen molar-refractivity contribution in [3.8, 4) is 0 Å². The molecule has 61 heavy (non-hydrogen) atoms. The van der Waals surface area contributed by atoms with Crippen LogP contribution < -0.4 is 26.2 Å². The molecule has 3 aromatic rings. The molecular weight excluding hydrogens is 781 g/mol. The lowest BCUT2D eigenvalue weighted by molar-refractivity contribution is -0.136. The number of nitrogens with one attached hydrogen (secondary N) is 2. The van der Waals surface area contributed by atoms with Crippen molar-refractivity contribution in [3.05, 3.63) is 64.8 Å². The zero-order valence-electron chi connectivity index (χ0n) is 34.6. The van der Waals surface area contributed by atoms with Gasteiger partial charge in [0.15, 0.2) is 11.5 Å². The van der Waals surface area contributed by atoms with Crippen LogP contribution in [0.1, 0.15) is 94.6 Å². The van der Waals surface area contributed by atoms with Crippen molar-refractivity contribution in [2.24, 2.45) is 11.1 Å². The first-order valence-corrected chi connectivity index (χ1v) is 21.4. The maximum absolute atomic E-state index is 13.4. The first-order valence-electron chi connectivity index (χ1n) is 21.4. The molecule has 2 aromatic carbocycles. The minimum absolute atomic E-state index is 0.0385. The number of nitrogens with zero attached hydrogens (tertiary/aromatic N) is 9. The largest absolute Gasteiger partial charge is 0.371 e. The highest BCUT2D eigenvalue weighted by Gasteiger charge is 2.45. The van der Waals surface area contributed by atoms with Gasteiger partial charge in [0.25, 0.3) is 17.7 Å². The Hall–Kier alpha value is -6.17. The Labute approximate surface area is 353 Å². The fraction of sp³-hybridized carbons (Fsp3) is 0.512. The van der Waals surface area contributed by atoms with Crippen molar-refractivity contribution >= 4 is 58.7 Å². The Morgan fingerprint density at radius 1 is 0.885 bits per heavy atom. The normalized spacial score (nSPS) is 25.1. The van der Waals surface area contributed by atoms with Crippen LogP contribution in [0.3, 0.4) is 0 Å². The van der Waals surface area contributed by atoms with Crippen LogP contribution in [0.5, 0.6) is 0 Å². The van der Waals surface area contributed by atoms with Gasteiger partial charge in [-0.1, -0.05) is 19.1 Å². The number of nitrogens with two attached hydrogens (primary N) is 1. The number of primary amides is 1. The number of hydrogen-bond acceptors (Lipinski definition) is 13. The van der Waals surface area contributed by atoms with Crippen molar-refractivity contribution in [1.82, 2.24) is 40.1 Å². The number of benzene rings is 2. The lowest BCUT2D eigenvalue weighted by atomic mass is 9.85. The van der Waals surface area contributed by atoms with Crippen LogP contribution in [0, 0.1) is 5.41 Å². The minimum atomic E-state index is -0.985. The molecule has 5 fully saturated rings. The molecule has 0 saturated carbocycles. The lowest BCUT2D eigenvalue weighted by Crippen LogP contribution is -2.54. The van der Waals surface area contributed by atoms with Gasteiger partial charge in [0, 0.05) is 70.7 Å². The second-order valence-electron chi connectivity index (χ2n) is 17.8. The van der Waals surface area contributed by atoms with E-state index in [0.29, 0.717) is 37.1 Å². The summed E-state index contributed by atoms with van der Waals surface area (Å²) in [5, 5.41) is 13.9. The van der Waals surface area contributed by atoms with Crippen LogP contribution in [0.2, 0.25) is 0 Å². The van der Waals surface area contributed by atoms with E-state index in [1.54, 1.807) is 17.0 Å². The molecular formula is C43H52N12O6. The molecule has 0 aliphatic carbocycles. The highest BCUT2D eigenvalue weighted by atomic mass is 16.2. The van der Waals surface area contributed by atoms with Gasteiger partial charge in [-0.25, -0.2) is 4.79 Å². The van der Waals surface area contributed by atoms with Gasteiger partial charge in [0.05, 0.1) is 17.2 Å². The predicted octanol–water partition coefficient (Wildman–Crippen LogP) is 2.55. The van der Waals surface area contributed by atoms with Crippen molar-refractivity contribution < 1.29 is 28.8 Å². The number of aromatic nitrogens is 3. The summed E-state index contributed by atoms with van der Waals surface area (Å²) in [4.78, 5) is 92.1. The van der Waals surface area contributed by atoms with Crippen LogP contribution in [0.4, 0.5) is 27.9 Å². The number of urea groups is 1. The van der Waals surface area contributed by atoms with Gasteiger partial charge in [-0.05, 0) is 98.8 Å². The molecule has 9 rings (SSSR count). The maximum atomic E-state index is 13.4. The molecule has 18 heteroatoms. The first-order chi connectivity index (χ1) is 29.3. The van der Waals surface area contributed by atoms with E-state index in [4.69, 9.17) is 10.7 Å². The average Bonchev–Trinajstić information content (AvgIpc) is 3.89. The van der Waals surface area contributed by atoms with Gasteiger partial charge in [-0.2, -0.15) is 4.98 Å². The van der Waals surface area contributed by atoms with Gasteiger partial charge in [0.1, 0.15) is 6.04 Å². The molecule has 0 bridgehead atoms. The Bertz CT molecular complexity index is 2280. The Morgan fingerprint density at radius 2 is 1.66 bits per heavy atom. The molecule has 0 spiro atoms. The number of hydrogen-bond donors (Lipinski definition) is 3. The van der Waals surface area contributed by atoms with Gasteiger partial charge in [0.2, 0.25) is 17.8 Å². The van der Waals surface area contributed by atoms with E-state index in [9.17, 15) is 28.8 Å². The molecule has 7 heterocycles. The summed E-state index contributed by atoms with van der Waals surface area (Å²) in [6, 6.07) is 12.7. The number of likely N-dealkylation sites (N-methyl/N-ethyl adjacent to an activating group) is 1. The SMILES string of the molecule is CN1CCN(C2CCCN(c3nnc(C(N)=O)c(Nc4ccc(C5CCN(CC6(C)CCN(c7ccc8c(c7)C(=O)N(C7CCC(=O)NC7=O)C8=O)C6)CC5)cc4)n3)C2)C1=O. The van der Waals surface area contributed by atoms with E-state index in [0.717, 1.165) is 87.6 Å². The number of amides is 7. The van der Waals surface area contributed by atoms with Gasteiger partial charge in [-0.15, -0.1) is 10.2 Å². The fourth-order valence-corrected chi connectivity index (χ4v) is 10.1. The number of anilines is 4. The van der Waals surface area contributed by atoms with E-state index in [1.165, 1.54) is 5.56 Å². The van der Waals surface area contributed by atoms with E-state index >= 15 is 0 Å². The molecule has 7 amide bonds. The van der Waals surface area contributed by atoms with E-state index in [-0.39, 0.29) is 47.4 Å². The third-order valence-electron chi connectivity index (χ3n) is 13.5. The monoisotopic (exact) mass is 832 g/mol. The van der Waals surface area contributed by atoms with Gasteiger partial charge in [-0.3, -0.25) is 34.2 Å². The molecule has 6 aliphatic rings. The standard InChI is InChI=1S/C43H52N12O6/c1-43(15-19-53(25-43)29-9-10-31-32(22-29)40(60)55(39(31)59)33-11-12-34(56)46-38(33)58)24-51-17-13-27(14-18-51)26-5-7-28(8-6-26)45-37-35(36(44)57)48-49-41(47-37)52-16-3-4-30(23-52)54-21-20-50(2)42(54)61/h5-10,22,27,30,33H,3-4,11-21,23-25H2,1-2H3,(H2,44,57)(H,45,47,49)(H,46,56,58). The Kier molecular flexibility index (Phi) is 10.6. The van der Waals surface area contributed by atoms with Crippen LogP contribution in [-0.2, 0) is 9.59 Å². The number of fused-ring (bicyclic) bond motifs is 1. The van der Waals surface area contributed by atoms with Crippen molar-refractivity contribution in [3.63, 3.8) is 0 Å². The third kappa shape index (κ3) is 7.84. The Balaban J connectivity index is 0.785. The molecule has 1 aromatic heterocycles. The number of piperidine rings is 3.